The van der Waals surface area contributed by atoms with Gasteiger partial charge < -0.3 is 15.1 Å². The van der Waals surface area contributed by atoms with Gasteiger partial charge in [-0.15, -0.1) is 0 Å². The molecule has 2 aromatic rings. The van der Waals surface area contributed by atoms with Crippen molar-refractivity contribution in [1.29, 1.82) is 0 Å². The molecule has 1 fully saturated rings. The molecule has 1 saturated heterocycles. The monoisotopic (exact) mass is 366 g/mol. The van der Waals surface area contributed by atoms with Crippen molar-refractivity contribution in [3.63, 3.8) is 0 Å². The number of Topliss-reactive ketones (excluding diaryl/α,β-unsaturated/α-hetero) is 1. The average Bonchev–Trinajstić information content (AvgIpc) is 2.72. The Hall–Kier alpha value is -2.73. The second-order valence-electron chi connectivity index (χ2n) is 6.76. The van der Waals surface area contributed by atoms with Gasteiger partial charge in [0.05, 0.1) is 0 Å². The van der Waals surface area contributed by atoms with E-state index in [4.69, 9.17) is 0 Å². The smallest absolute Gasteiger partial charge is 0.251 e. The second kappa shape index (κ2) is 8.77. The summed E-state index contributed by atoms with van der Waals surface area (Å²) in [5, 5.41) is 2.93. The van der Waals surface area contributed by atoms with E-state index >= 15 is 0 Å². The lowest BCUT2D eigenvalue weighted by Gasteiger charge is -2.34. The average molecular weight is 366 g/mol. The molecule has 1 aromatic carbocycles. The molecule has 0 saturated carbocycles. The maximum Gasteiger partial charge on any atom is 0.251 e. The molecule has 2 heterocycles. The molecule has 0 spiro atoms. The number of hydrogen-bond acceptors (Lipinski definition) is 5. The van der Waals surface area contributed by atoms with Crippen LogP contribution >= 0.6 is 0 Å². The molecular formula is C21H26N4O2. The van der Waals surface area contributed by atoms with Crippen molar-refractivity contribution in [2.75, 3.05) is 37.6 Å². The first-order valence-corrected chi connectivity index (χ1v) is 9.38. The summed E-state index contributed by atoms with van der Waals surface area (Å²) in [4.78, 5) is 32.9. The van der Waals surface area contributed by atoms with Crippen LogP contribution < -0.4 is 10.2 Å². The fraction of sp³-hybridized carbons (Fsp3) is 0.381. The van der Waals surface area contributed by atoms with E-state index in [1.807, 2.05) is 12.1 Å². The van der Waals surface area contributed by atoms with Crippen LogP contribution in [0, 0.1) is 0 Å². The molecule has 0 radical (unpaired) electrons. The molecule has 1 aliphatic heterocycles. The summed E-state index contributed by atoms with van der Waals surface area (Å²) in [6, 6.07) is 10.7. The normalized spacial score (nSPS) is 14.8. The number of piperazine rings is 1. The van der Waals surface area contributed by atoms with Gasteiger partial charge in [0.1, 0.15) is 5.82 Å². The molecule has 0 bridgehead atoms. The maximum atomic E-state index is 12.3. The summed E-state index contributed by atoms with van der Waals surface area (Å²) in [5.41, 5.74) is 2.17. The molecule has 0 unspecified atom stereocenters. The van der Waals surface area contributed by atoms with E-state index < -0.39 is 0 Å². The van der Waals surface area contributed by atoms with Gasteiger partial charge in [-0.25, -0.2) is 4.98 Å². The van der Waals surface area contributed by atoms with E-state index in [9.17, 15) is 9.59 Å². The van der Waals surface area contributed by atoms with Gasteiger partial charge in [-0.3, -0.25) is 9.59 Å². The number of carbonyl (C=O) groups excluding carboxylic acids is 2. The zero-order valence-electron chi connectivity index (χ0n) is 15.9. The Kier molecular flexibility index (Phi) is 6.19. The number of likely N-dealkylation sites (N-methyl/N-ethyl adjacent to an activating group) is 1. The van der Waals surface area contributed by atoms with Gasteiger partial charge >= 0.3 is 0 Å². The van der Waals surface area contributed by atoms with Crippen LogP contribution in [-0.2, 0) is 6.54 Å². The van der Waals surface area contributed by atoms with Crippen molar-refractivity contribution in [1.82, 2.24) is 15.2 Å². The Morgan fingerprint density at radius 1 is 1.04 bits per heavy atom. The van der Waals surface area contributed by atoms with Crippen LogP contribution in [0.4, 0.5) is 5.82 Å². The first kappa shape index (κ1) is 19.0. The highest BCUT2D eigenvalue weighted by Gasteiger charge is 2.17. The minimum atomic E-state index is -0.153. The van der Waals surface area contributed by atoms with Crippen LogP contribution in [0.15, 0.2) is 42.6 Å². The summed E-state index contributed by atoms with van der Waals surface area (Å²) in [6.45, 7) is 9.27. The third-order valence-corrected chi connectivity index (χ3v) is 4.96. The zero-order valence-corrected chi connectivity index (χ0v) is 15.9. The Morgan fingerprint density at radius 2 is 1.70 bits per heavy atom. The predicted octanol–water partition coefficient (Wildman–Crippen LogP) is 2.36. The number of amides is 1. The van der Waals surface area contributed by atoms with E-state index in [1.54, 1.807) is 30.5 Å². The molecule has 1 aromatic heterocycles. The lowest BCUT2D eigenvalue weighted by molar-refractivity contribution is 0.0948. The number of hydrogen-bond donors (Lipinski definition) is 1. The Balaban J connectivity index is 1.58. The highest BCUT2D eigenvalue weighted by molar-refractivity contribution is 5.97. The maximum absolute atomic E-state index is 12.3. The number of benzene rings is 1. The molecule has 6 heteroatoms. The van der Waals surface area contributed by atoms with Gasteiger partial charge in [-0.2, -0.15) is 0 Å². The van der Waals surface area contributed by atoms with E-state index in [2.05, 4.69) is 27.0 Å². The van der Waals surface area contributed by atoms with Crippen molar-refractivity contribution in [2.24, 2.45) is 0 Å². The molecule has 142 valence electrons. The molecule has 0 atom stereocenters. The molecule has 0 aliphatic carbocycles. The van der Waals surface area contributed by atoms with Crippen LogP contribution in [0.25, 0.3) is 0 Å². The van der Waals surface area contributed by atoms with Gasteiger partial charge in [-0.05, 0) is 43.3 Å². The quantitative estimate of drug-likeness (QED) is 0.795. The Labute approximate surface area is 160 Å². The van der Waals surface area contributed by atoms with E-state index in [0.29, 0.717) is 17.7 Å². The summed E-state index contributed by atoms with van der Waals surface area (Å²) in [5.74, 6) is 0.800. The molecular weight excluding hydrogens is 340 g/mol. The molecule has 1 aliphatic rings. The van der Waals surface area contributed by atoms with Crippen LogP contribution in [0.3, 0.4) is 0 Å². The molecule has 27 heavy (non-hydrogen) atoms. The molecule has 1 N–H and O–H groups in total. The van der Waals surface area contributed by atoms with Crippen LogP contribution in [0.2, 0.25) is 0 Å². The van der Waals surface area contributed by atoms with Gasteiger partial charge in [0.15, 0.2) is 5.78 Å². The van der Waals surface area contributed by atoms with Crippen molar-refractivity contribution in [3.05, 3.63) is 59.3 Å². The minimum absolute atomic E-state index is 0.00829. The van der Waals surface area contributed by atoms with Crippen molar-refractivity contribution in [3.8, 4) is 0 Å². The summed E-state index contributed by atoms with van der Waals surface area (Å²) in [7, 11) is 0. The summed E-state index contributed by atoms with van der Waals surface area (Å²) >= 11 is 0. The molecule has 3 rings (SSSR count). The predicted molar refractivity (Wildman–Crippen MR) is 106 cm³/mol. The Morgan fingerprint density at radius 3 is 2.33 bits per heavy atom. The third kappa shape index (κ3) is 4.92. The zero-order chi connectivity index (χ0) is 19.2. The summed E-state index contributed by atoms with van der Waals surface area (Å²) < 4.78 is 0. The van der Waals surface area contributed by atoms with Gasteiger partial charge in [-0.1, -0.05) is 19.1 Å². The standard InChI is InChI=1S/C21H26N4O2/c1-3-24-10-12-25(13-11-24)20-14-17(8-9-22-20)15-23-21(27)19-6-4-18(5-7-19)16(2)26/h4-9,14H,3,10-13,15H2,1-2H3,(H,23,27). The van der Waals surface area contributed by atoms with Crippen LogP contribution in [0.5, 0.6) is 0 Å². The van der Waals surface area contributed by atoms with Crippen LogP contribution in [0.1, 0.15) is 40.1 Å². The first-order valence-electron chi connectivity index (χ1n) is 9.38. The molecule has 1 amide bonds. The number of nitrogens with zero attached hydrogens (tertiary/aromatic N) is 3. The highest BCUT2D eigenvalue weighted by Crippen LogP contribution is 2.15. The number of aromatic nitrogens is 1. The first-order chi connectivity index (χ1) is 13.1. The number of anilines is 1. The fourth-order valence-corrected chi connectivity index (χ4v) is 3.18. The van der Waals surface area contributed by atoms with Gasteiger partial charge in [0.25, 0.3) is 5.91 Å². The molecule has 6 nitrogen and oxygen atoms in total. The SMILES string of the molecule is CCN1CCN(c2cc(CNC(=O)c3ccc(C(C)=O)cc3)ccn2)CC1. The lowest BCUT2D eigenvalue weighted by Crippen LogP contribution is -2.46. The second-order valence-corrected chi connectivity index (χ2v) is 6.76. The lowest BCUT2D eigenvalue weighted by atomic mass is 10.1. The highest BCUT2D eigenvalue weighted by atomic mass is 16.1. The number of pyridine rings is 1. The largest absolute Gasteiger partial charge is 0.354 e. The van der Waals surface area contributed by atoms with Gasteiger partial charge in [0.2, 0.25) is 0 Å². The fourth-order valence-electron chi connectivity index (χ4n) is 3.18. The summed E-state index contributed by atoms with van der Waals surface area (Å²) in [6.07, 6.45) is 1.80. The minimum Gasteiger partial charge on any atom is -0.354 e. The van der Waals surface area contributed by atoms with Crippen molar-refractivity contribution in [2.45, 2.75) is 20.4 Å². The number of nitrogens with one attached hydrogen (secondary N) is 1. The van der Waals surface area contributed by atoms with E-state index in [-0.39, 0.29) is 11.7 Å². The van der Waals surface area contributed by atoms with Crippen molar-refractivity contribution >= 4 is 17.5 Å². The third-order valence-electron chi connectivity index (χ3n) is 4.96. The van der Waals surface area contributed by atoms with E-state index in [1.165, 1.54) is 6.92 Å². The van der Waals surface area contributed by atoms with Gasteiger partial charge in [0, 0.05) is 50.0 Å². The Bertz CT molecular complexity index is 796. The number of ketones is 1. The number of carbonyl (C=O) groups is 2. The van der Waals surface area contributed by atoms with Crippen molar-refractivity contribution < 1.29 is 9.59 Å². The topological polar surface area (TPSA) is 65.5 Å². The number of rotatable bonds is 6. The van der Waals surface area contributed by atoms with E-state index in [0.717, 1.165) is 44.1 Å². The van der Waals surface area contributed by atoms with Crippen LogP contribution in [-0.4, -0.2) is 54.3 Å².